The number of aliphatic imine (C=N–C) groups is 2. The van der Waals surface area contributed by atoms with Crippen LogP contribution in [-0.2, 0) is 34.9 Å². The highest BCUT2D eigenvalue weighted by atomic mass is 35.5. The molecule has 0 unspecified atom stereocenters. The first kappa shape index (κ1) is 59.5. The highest BCUT2D eigenvalue weighted by molar-refractivity contribution is 7.90. The zero-order valence-electron chi connectivity index (χ0n) is 42.0. The van der Waals surface area contributed by atoms with E-state index in [2.05, 4.69) is 53.0 Å². The number of aliphatic carboxylic acids is 1. The van der Waals surface area contributed by atoms with Crippen LogP contribution in [0.2, 0.25) is 20.2 Å². The van der Waals surface area contributed by atoms with Gasteiger partial charge in [-0.3, -0.25) is 4.79 Å². The van der Waals surface area contributed by atoms with Crippen LogP contribution in [0.1, 0.15) is 90.9 Å². The first-order valence-electron chi connectivity index (χ1n) is 24.7. The van der Waals surface area contributed by atoms with Gasteiger partial charge in [0.1, 0.15) is 5.15 Å². The molecule has 414 valence electrons. The van der Waals surface area contributed by atoms with Crippen molar-refractivity contribution < 1.29 is 35.2 Å². The highest BCUT2D eigenvalue weighted by Gasteiger charge is 2.30. The molecule has 3 aliphatic rings. The Hall–Kier alpha value is -5.21. The molecule has 0 spiro atoms. The van der Waals surface area contributed by atoms with Crippen molar-refractivity contribution in [1.29, 1.82) is 0 Å². The van der Waals surface area contributed by atoms with E-state index in [4.69, 9.17) is 74.4 Å². The molecule has 27 heteroatoms. The minimum absolute atomic E-state index is 0.000134. The van der Waals surface area contributed by atoms with E-state index in [0.717, 1.165) is 51.4 Å². The van der Waals surface area contributed by atoms with E-state index >= 15 is 0 Å². The fraction of sp³-hybridized carbons (Fsp3) is 0.400. The van der Waals surface area contributed by atoms with Crippen molar-refractivity contribution in [2.45, 2.75) is 124 Å². The van der Waals surface area contributed by atoms with E-state index in [1.54, 1.807) is 24.3 Å². The number of pyridine rings is 3. The molecule has 0 radical (unpaired) electrons. The van der Waals surface area contributed by atoms with Crippen molar-refractivity contribution in [2.24, 2.45) is 50.7 Å². The molecule has 77 heavy (non-hydrogen) atoms. The van der Waals surface area contributed by atoms with Crippen LogP contribution in [0.25, 0.3) is 32.3 Å². The number of aromatic nitrogens is 3. The number of fused-ring (bicyclic) bond motifs is 3. The van der Waals surface area contributed by atoms with Crippen molar-refractivity contribution in [3.63, 3.8) is 0 Å². The normalized spacial score (nSPS) is 21.0. The molecule has 3 aromatic carbocycles. The average Bonchev–Trinajstić information content (AvgIpc) is 3.38. The number of benzene rings is 3. The fourth-order valence-corrected chi connectivity index (χ4v) is 14.3. The molecule has 6 aromatic rings. The Morgan fingerprint density at radius 1 is 0.494 bits per heavy atom. The van der Waals surface area contributed by atoms with Crippen molar-refractivity contribution >= 4 is 138 Å². The van der Waals surface area contributed by atoms with Crippen LogP contribution in [0.3, 0.4) is 0 Å². The number of carbonyl (C=O) groups is 1. The van der Waals surface area contributed by atoms with Crippen molar-refractivity contribution in [3.8, 4) is 0 Å². The number of halogens is 4. The Balaban J connectivity index is 0.000000169. The summed E-state index contributed by atoms with van der Waals surface area (Å²) in [5.41, 5.74) is 21.7. The molecule has 3 fully saturated rings. The monoisotopic (exact) mass is 1190 g/mol. The predicted molar refractivity (Wildman–Crippen MR) is 303 cm³/mol. The summed E-state index contributed by atoms with van der Waals surface area (Å²) in [5.74, 6) is 0.0763. The lowest BCUT2D eigenvalue weighted by atomic mass is 9.87. The lowest BCUT2D eigenvalue weighted by molar-refractivity contribution is -0.142. The van der Waals surface area contributed by atoms with Crippen LogP contribution < -0.4 is 37.1 Å². The van der Waals surface area contributed by atoms with Crippen LogP contribution in [0, 0.1) is 17.8 Å². The van der Waals surface area contributed by atoms with Gasteiger partial charge in [-0.25, -0.2) is 54.4 Å². The summed E-state index contributed by atoms with van der Waals surface area (Å²) in [5, 5.41) is 13.8. The van der Waals surface area contributed by atoms with E-state index in [1.807, 2.05) is 0 Å². The Morgan fingerprint density at radius 2 is 0.805 bits per heavy atom. The number of hydrogen-bond donors (Lipinski definition) is 8. The van der Waals surface area contributed by atoms with Gasteiger partial charge in [0.25, 0.3) is 0 Å². The summed E-state index contributed by atoms with van der Waals surface area (Å²) in [4.78, 5) is 31.4. The van der Waals surface area contributed by atoms with Crippen LogP contribution in [0.4, 0.5) is 11.6 Å². The third kappa shape index (κ3) is 15.3. The molecule has 12 N–H and O–H groups in total. The summed E-state index contributed by atoms with van der Waals surface area (Å²) in [6.07, 6.45) is 13.7. The largest absolute Gasteiger partial charge is 0.481 e. The maximum atomic E-state index is 12.8. The lowest BCUT2D eigenvalue weighted by Crippen LogP contribution is -2.38. The molecule has 3 saturated carbocycles. The number of hydrogen-bond acceptors (Lipinski definition) is 12. The lowest BCUT2D eigenvalue weighted by Gasteiger charge is -2.26. The minimum Gasteiger partial charge on any atom is -0.481 e. The summed E-state index contributed by atoms with van der Waals surface area (Å²) in [7, 11) is -11.1. The van der Waals surface area contributed by atoms with E-state index in [1.165, 1.54) is 48.9 Å². The number of carboxylic acids is 1. The number of sulfonamides is 3. The van der Waals surface area contributed by atoms with Crippen molar-refractivity contribution in [2.75, 3.05) is 0 Å². The van der Waals surface area contributed by atoms with Crippen LogP contribution in [0.15, 0.2) is 97.9 Å². The van der Waals surface area contributed by atoms with E-state index < -0.39 is 42.0 Å². The molecule has 9 rings (SSSR count). The third-order valence-corrected chi connectivity index (χ3v) is 19.6. The second kappa shape index (κ2) is 25.3. The number of nitrogens with zero attached hydrogens (tertiary/aromatic N) is 5. The van der Waals surface area contributed by atoms with E-state index in [9.17, 15) is 30.0 Å². The molecular formula is C50H60Cl4N12O8S3. The molecule has 3 heterocycles. The molecule has 0 saturated heterocycles. The van der Waals surface area contributed by atoms with E-state index in [-0.39, 0.29) is 61.5 Å². The number of guanidine groups is 2. The van der Waals surface area contributed by atoms with E-state index in [0.29, 0.717) is 84.9 Å². The van der Waals surface area contributed by atoms with Gasteiger partial charge in [-0.15, -0.1) is 0 Å². The van der Waals surface area contributed by atoms with Crippen molar-refractivity contribution in [1.82, 2.24) is 29.1 Å². The second-order valence-electron chi connectivity index (χ2n) is 19.6. The number of carboxylic acid groups (broad SMARTS) is 1. The quantitative estimate of drug-likeness (QED) is 0.0322. The molecule has 3 aliphatic carbocycles. The van der Waals surface area contributed by atoms with Crippen LogP contribution >= 0.6 is 46.4 Å². The Labute approximate surface area is 467 Å². The van der Waals surface area contributed by atoms with Gasteiger partial charge in [-0.05, 0) is 125 Å². The summed E-state index contributed by atoms with van der Waals surface area (Å²) >= 11 is 24.5. The molecule has 0 atom stereocenters. The SMILES string of the molecule is CC1CCC(NS(=O)(=O)c2ccc3c(Cl)cnc(Cl)c3c2)CC1.CC1CCC(NS(=O)(=O)c2ccc3c(Cl)cnc(N=C(N)N)c3c2)CC1.NC(N)=Nc1ncc(Cl)c2ccc(S(=O)(=O)NC3CCC(C(=O)O)CC3)cc12. The zero-order valence-corrected chi connectivity index (χ0v) is 47.4. The molecule has 0 bridgehead atoms. The second-order valence-corrected chi connectivity index (χ2v) is 26.3. The topological polar surface area (TPSA) is 343 Å². The maximum absolute atomic E-state index is 12.8. The van der Waals surface area contributed by atoms with Crippen LogP contribution in [0.5, 0.6) is 0 Å². The van der Waals surface area contributed by atoms with Gasteiger partial charge in [-0.2, -0.15) is 9.98 Å². The number of rotatable bonds is 12. The summed E-state index contributed by atoms with van der Waals surface area (Å²) < 4.78 is 84.7. The third-order valence-electron chi connectivity index (χ3n) is 13.8. The predicted octanol–water partition coefficient (Wildman–Crippen LogP) is 8.76. The van der Waals surface area contributed by atoms with Crippen molar-refractivity contribution in [3.05, 3.63) is 93.4 Å². The van der Waals surface area contributed by atoms with Gasteiger partial charge in [0.05, 0.1) is 35.7 Å². The first-order chi connectivity index (χ1) is 36.3. The fourth-order valence-electron chi connectivity index (χ4n) is 9.50. The van der Waals surface area contributed by atoms with Gasteiger partial charge < -0.3 is 28.0 Å². The molecule has 3 aromatic heterocycles. The Bertz CT molecular complexity index is 3570. The summed E-state index contributed by atoms with van der Waals surface area (Å²) in [6, 6.07) is 13.5. The standard InChI is InChI=1S/C17H20ClN5O4S.C17H22ClN5O2S.C16H18Cl2N2O2S/c18-14-8-21-15(22-17(19)20)13-7-11(5-6-12(13)14)28(26,27)23-10-3-1-9(2-4-10)16(24)25;1-10-2-4-11(5-3-10)23-26(24,25)12-6-7-13-14(8-12)16(22-17(19)20)21-9-15(13)18;1-10-2-4-11(5-3-10)20-23(21,22)12-6-7-13-14(8-12)16(18)19-9-15(13)17/h5-10,23H,1-4H2,(H,24,25)(H4,19,20,21,22);6-11,23H,2-5H2,1H3,(H4,19,20,21,22);6-11,20H,2-5H2,1H3. The average molecular weight is 1200 g/mol. The Kier molecular flexibility index (Phi) is 19.5. The number of nitrogens with two attached hydrogens (primary N) is 4. The molecular weight excluding hydrogens is 1130 g/mol. The zero-order chi connectivity index (χ0) is 56.0. The van der Waals surface area contributed by atoms with Gasteiger partial charge in [-0.1, -0.05) is 78.5 Å². The van der Waals surface area contributed by atoms with Gasteiger partial charge in [0, 0.05) is 69.0 Å². The maximum Gasteiger partial charge on any atom is 0.306 e. The Morgan fingerprint density at radius 3 is 1.14 bits per heavy atom. The first-order valence-corrected chi connectivity index (χ1v) is 30.7. The van der Waals surface area contributed by atoms with Gasteiger partial charge in [0.2, 0.25) is 30.1 Å². The minimum atomic E-state index is -3.83. The smallest absolute Gasteiger partial charge is 0.306 e. The van der Waals surface area contributed by atoms with Gasteiger partial charge in [0.15, 0.2) is 23.6 Å². The summed E-state index contributed by atoms with van der Waals surface area (Å²) in [6.45, 7) is 4.39. The molecule has 0 aliphatic heterocycles. The van der Waals surface area contributed by atoms with Gasteiger partial charge >= 0.3 is 5.97 Å². The molecule has 0 amide bonds. The van der Waals surface area contributed by atoms with Crippen LogP contribution in [-0.4, -0.2) is 81.3 Å². The highest BCUT2D eigenvalue weighted by Crippen LogP contribution is 2.35. The molecule has 20 nitrogen and oxygen atoms in total. The number of nitrogens with one attached hydrogen (secondary N) is 3.